The van der Waals surface area contributed by atoms with Crippen molar-refractivity contribution in [1.82, 2.24) is 10.3 Å². The van der Waals surface area contributed by atoms with Gasteiger partial charge in [0.05, 0.1) is 12.7 Å². The van der Waals surface area contributed by atoms with Gasteiger partial charge in [0.15, 0.2) is 0 Å². The van der Waals surface area contributed by atoms with Crippen LogP contribution in [-0.2, 0) is 11.2 Å². The van der Waals surface area contributed by atoms with E-state index < -0.39 is 0 Å². The summed E-state index contributed by atoms with van der Waals surface area (Å²) in [7, 11) is 0. The van der Waals surface area contributed by atoms with Crippen LogP contribution in [0.4, 0.5) is 0 Å². The van der Waals surface area contributed by atoms with Crippen LogP contribution in [0.1, 0.15) is 37.7 Å². The molecule has 1 aliphatic carbocycles. The number of aliphatic hydroxyl groups is 1. The van der Waals surface area contributed by atoms with E-state index in [9.17, 15) is 5.11 Å². The van der Waals surface area contributed by atoms with Gasteiger partial charge in [0.2, 0.25) is 0 Å². The Kier molecular flexibility index (Phi) is 4.88. The fraction of sp³-hybridized carbons (Fsp3) is 0.706. The number of nitrogens with zero attached hydrogens (tertiary/aromatic N) is 1. The van der Waals surface area contributed by atoms with E-state index in [1.807, 2.05) is 12.4 Å². The highest BCUT2D eigenvalue weighted by Gasteiger charge is 2.47. The minimum Gasteiger partial charge on any atom is -0.396 e. The zero-order valence-corrected chi connectivity index (χ0v) is 12.6. The fourth-order valence-electron chi connectivity index (χ4n) is 3.73. The van der Waals surface area contributed by atoms with Crippen LogP contribution >= 0.6 is 0 Å². The van der Waals surface area contributed by atoms with Gasteiger partial charge in [-0.3, -0.25) is 4.98 Å². The van der Waals surface area contributed by atoms with Crippen molar-refractivity contribution in [3.8, 4) is 0 Å². The minimum atomic E-state index is 0.0489. The summed E-state index contributed by atoms with van der Waals surface area (Å²) in [6.07, 6.45) is 10.7. The topological polar surface area (TPSA) is 54.4 Å². The third-order valence-electron chi connectivity index (χ3n) is 5.19. The van der Waals surface area contributed by atoms with Crippen molar-refractivity contribution in [3.05, 3.63) is 30.1 Å². The molecule has 2 atom stereocenters. The van der Waals surface area contributed by atoms with Gasteiger partial charge in [0, 0.05) is 30.5 Å². The molecule has 4 nitrogen and oxygen atoms in total. The summed E-state index contributed by atoms with van der Waals surface area (Å²) in [4.78, 5) is 4.05. The summed E-state index contributed by atoms with van der Waals surface area (Å²) in [5.41, 5.74) is 1.35. The van der Waals surface area contributed by atoms with E-state index in [0.29, 0.717) is 6.04 Å². The fourth-order valence-corrected chi connectivity index (χ4v) is 3.73. The first-order chi connectivity index (χ1) is 10.3. The molecule has 1 aromatic rings. The summed E-state index contributed by atoms with van der Waals surface area (Å²) in [6, 6.07) is 4.42. The number of hydrogen-bond acceptors (Lipinski definition) is 4. The van der Waals surface area contributed by atoms with Crippen LogP contribution in [0, 0.1) is 5.41 Å². The molecule has 1 saturated carbocycles. The van der Waals surface area contributed by atoms with Crippen molar-refractivity contribution in [2.24, 2.45) is 5.41 Å². The average molecular weight is 290 g/mol. The van der Waals surface area contributed by atoms with Crippen LogP contribution < -0.4 is 5.32 Å². The second kappa shape index (κ2) is 6.86. The second-order valence-electron chi connectivity index (χ2n) is 6.46. The lowest BCUT2D eigenvalue weighted by Crippen LogP contribution is -2.57. The summed E-state index contributed by atoms with van der Waals surface area (Å²) in [5, 5.41) is 13.6. The maximum absolute atomic E-state index is 9.88. The Labute approximate surface area is 126 Å². The molecule has 0 aromatic carbocycles. The second-order valence-corrected chi connectivity index (χ2v) is 6.46. The third kappa shape index (κ3) is 3.28. The van der Waals surface area contributed by atoms with Gasteiger partial charge in [-0.25, -0.2) is 0 Å². The number of nitrogens with one attached hydrogen (secondary N) is 1. The molecule has 2 fully saturated rings. The monoisotopic (exact) mass is 290 g/mol. The van der Waals surface area contributed by atoms with Crippen LogP contribution in [0.2, 0.25) is 0 Å². The highest BCUT2D eigenvalue weighted by atomic mass is 16.5. The maximum atomic E-state index is 9.88. The van der Waals surface area contributed by atoms with Gasteiger partial charge in [0.1, 0.15) is 0 Å². The molecule has 21 heavy (non-hydrogen) atoms. The smallest absolute Gasteiger partial charge is 0.0735 e. The molecule has 3 rings (SSSR count). The summed E-state index contributed by atoms with van der Waals surface area (Å²) in [5.74, 6) is 0. The van der Waals surface area contributed by atoms with Gasteiger partial charge in [-0.1, -0.05) is 6.42 Å². The molecule has 2 N–H and O–H groups in total. The van der Waals surface area contributed by atoms with Crippen molar-refractivity contribution in [1.29, 1.82) is 0 Å². The number of rotatable bonds is 7. The Morgan fingerprint density at radius 3 is 2.71 bits per heavy atom. The predicted octanol–water partition coefficient (Wildman–Crippen LogP) is 1.92. The Morgan fingerprint density at radius 1 is 1.33 bits per heavy atom. The quantitative estimate of drug-likeness (QED) is 0.805. The van der Waals surface area contributed by atoms with Crippen LogP contribution in [0.3, 0.4) is 0 Å². The predicted molar refractivity (Wildman–Crippen MR) is 82.1 cm³/mol. The molecular weight excluding hydrogens is 264 g/mol. The molecule has 2 aliphatic rings. The number of ether oxygens (including phenoxy) is 1. The van der Waals surface area contributed by atoms with E-state index in [4.69, 9.17) is 4.74 Å². The van der Waals surface area contributed by atoms with Crippen LogP contribution in [-0.4, -0.2) is 42.0 Å². The lowest BCUT2D eigenvalue weighted by molar-refractivity contribution is -0.0507. The third-order valence-corrected chi connectivity index (χ3v) is 5.19. The van der Waals surface area contributed by atoms with Gasteiger partial charge in [-0.15, -0.1) is 0 Å². The number of pyridine rings is 1. The van der Waals surface area contributed by atoms with Crippen molar-refractivity contribution in [2.75, 3.05) is 19.8 Å². The number of aliphatic hydroxyl groups excluding tert-OH is 1. The van der Waals surface area contributed by atoms with E-state index in [1.54, 1.807) is 0 Å². The molecule has 2 heterocycles. The lowest BCUT2D eigenvalue weighted by atomic mass is 9.63. The summed E-state index contributed by atoms with van der Waals surface area (Å²) >= 11 is 0. The first kappa shape index (κ1) is 14.9. The van der Waals surface area contributed by atoms with Gasteiger partial charge in [-0.05, 0) is 56.3 Å². The van der Waals surface area contributed by atoms with Crippen molar-refractivity contribution in [2.45, 2.75) is 50.7 Å². The van der Waals surface area contributed by atoms with Gasteiger partial charge >= 0.3 is 0 Å². The standard InChI is InChI=1S/C17H26N2O2/c20-13-17(7-2-8-17)16(15-3-1-12-21-15)19-11-6-14-4-9-18-10-5-14/h4-5,9-10,15-16,19-20H,1-3,6-8,11-13H2. The molecule has 1 saturated heterocycles. The molecule has 1 aliphatic heterocycles. The summed E-state index contributed by atoms with van der Waals surface area (Å²) < 4.78 is 5.92. The SMILES string of the molecule is OCC1(C(NCCc2ccncc2)C2CCCO2)CCC1. The van der Waals surface area contributed by atoms with E-state index in [-0.39, 0.29) is 18.1 Å². The van der Waals surface area contributed by atoms with Crippen molar-refractivity contribution < 1.29 is 9.84 Å². The first-order valence-corrected chi connectivity index (χ1v) is 8.19. The van der Waals surface area contributed by atoms with Crippen molar-refractivity contribution in [3.63, 3.8) is 0 Å². The number of hydrogen-bond donors (Lipinski definition) is 2. The van der Waals surface area contributed by atoms with E-state index in [2.05, 4.69) is 22.4 Å². The lowest BCUT2D eigenvalue weighted by Gasteiger charge is -2.49. The van der Waals surface area contributed by atoms with Gasteiger partial charge in [0.25, 0.3) is 0 Å². The maximum Gasteiger partial charge on any atom is 0.0735 e. The zero-order valence-electron chi connectivity index (χ0n) is 12.6. The Balaban J connectivity index is 1.59. The van der Waals surface area contributed by atoms with Crippen LogP contribution in [0.5, 0.6) is 0 Å². The zero-order chi connectivity index (χ0) is 14.5. The molecule has 0 amide bonds. The van der Waals surface area contributed by atoms with Gasteiger partial charge in [-0.2, -0.15) is 0 Å². The highest BCUT2D eigenvalue weighted by Crippen LogP contribution is 2.46. The highest BCUT2D eigenvalue weighted by molar-refractivity contribution is 5.10. The molecule has 0 bridgehead atoms. The summed E-state index contributed by atoms with van der Waals surface area (Å²) in [6.45, 7) is 2.07. The molecular formula is C17H26N2O2. The van der Waals surface area contributed by atoms with Crippen LogP contribution in [0.15, 0.2) is 24.5 Å². The Hall–Kier alpha value is -0.970. The molecule has 0 radical (unpaired) electrons. The number of aromatic nitrogens is 1. The molecule has 4 heteroatoms. The van der Waals surface area contributed by atoms with Crippen LogP contribution in [0.25, 0.3) is 0 Å². The molecule has 2 unspecified atom stereocenters. The van der Waals surface area contributed by atoms with E-state index >= 15 is 0 Å². The van der Waals surface area contributed by atoms with E-state index in [1.165, 1.54) is 12.0 Å². The first-order valence-electron chi connectivity index (χ1n) is 8.19. The Bertz CT molecular complexity index is 422. The Morgan fingerprint density at radius 2 is 2.14 bits per heavy atom. The molecule has 0 spiro atoms. The van der Waals surface area contributed by atoms with Crippen molar-refractivity contribution >= 4 is 0 Å². The minimum absolute atomic E-state index is 0.0489. The van der Waals surface area contributed by atoms with E-state index in [0.717, 1.165) is 45.3 Å². The molecule has 1 aromatic heterocycles. The average Bonchev–Trinajstić information content (AvgIpc) is 3.00. The largest absolute Gasteiger partial charge is 0.396 e. The van der Waals surface area contributed by atoms with Gasteiger partial charge < -0.3 is 15.2 Å². The molecule has 116 valence electrons. The normalized spacial score (nSPS) is 25.5.